The molecule has 0 saturated carbocycles. The van der Waals surface area contributed by atoms with Gasteiger partial charge in [-0.1, -0.05) is 12.2 Å². The second-order valence-corrected chi connectivity index (χ2v) is 1.16. The van der Waals surface area contributed by atoms with E-state index in [2.05, 4.69) is 13.8 Å². The molecule has 0 aliphatic carbocycles. The van der Waals surface area contributed by atoms with E-state index in [0.717, 1.165) is 0 Å². The molecule has 0 fully saturated rings. The molecule has 0 aromatic heterocycles. The molecule has 0 aromatic rings. The van der Waals surface area contributed by atoms with Gasteiger partial charge in [-0.05, 0) is 13.8 Å². The molecule has 7 heavy (non-hydrogen) atoms. The molecule has 1 unspecified atom stereocenters. The number of allylic oxidation sites excluding steroid dienone is 2. The minimum absolute atomic E-state index is 0.238. The zero-order valence-electron chi connectivity index (χ0n) is 4.09. The molecular formula is C6H7N. The van der Waals surface area contributed by atoms with Gasteiger partial charge in [0.05, 0.1) is 12.0 Å². The minimum Gasteiger partial charge on any atom is -0.198 e. The van der Waals surface area contributed by atoms with Gasteiger partial charge in [0.25, 0.3) is 0 Å². The van der Waals surface area contributed by atoms with Gasteiger partial charge in [-0.25, -0.2) is 0 Å². The lowest BCUT2D eigenvalue weighted by molar-refractivity contribution is 1.08. The zero-order chi connectivity index (χ0) is 5.70. The van der Waals surface area contributed by atoms with E-state index in [0.29, 0.717) is 0 Å². The molecule has 1 nitrogen and oxygen atoms in total. The maximum Gasteiger partial charge on any atom is 0.0697 e. The Morgan fingerprint density at radius 2 is 2.29 bits per heavy atom. The molecule has 0 spiro atoms. The maximum atomic E-state index is 8.07. The average molecular weight is 93.1 g/mol. The molecule has 0 N–H and O–H groups in total. The molecule has 0 rings (SSSR count). The number of hydrogen-bond acceptors (Lipinski definition) is 1. The van der Waals surface area contributed by atoms with Crippen LogP contribution in [-0.2, 0) is 0 Å². The van der Waals surface area contributed by atoms with Crippen molar-refractivity contribution < 1.29 is 0 Å². The third kappa shape index (κ3) is 3.05. The molecule has 2 radical (unpaired) electrons. The van der Waals surface area contributed by atoms with Crippen molar-refractivity contribution in [1.29, 1.82) is 5.26 Å². The number of hydrogen-bond donors (Lipinski definition) is 0. The number of nitriles is 1. The lowest BCUT2D eigenvalue weighted by Gasteiger charge is -1.83. The Morgan fingerprint density at radius 3 is 2.43 bits per heavy atom. The normalized spacial score (nSPS) is 13.9. The monoisotopic (exact) mass is 93.1 g/mol. The second-order valence-electron chi connectivity index (χ2n) is 1.16. The summed E-state index contributed by atoms with van der Waals surface area (Å²) >= 11 is 0. The van der Waals surface area contributed by atoms with Gasteiger partial charge in [-0.15, -0.1) is 0 Å². The standard InChI is InChI=1S/C6H7N/c1-3-4-6(2)5-7/h3-4,6H,1-2H2. The van der Waals surface area contributed by atoms with Crippen molar-refractivity contribution in [1.82, 2.24) is 0 Å². The Balaban J connectivity index is 3.42. The van der Waals surface area contributed by atoms with Crippen molar-refractivity contribution in [3.63, 3.8) is 0 Å². The van der Waals surface area contributed by atoms with Crippen LogP contribution in [0.25, 0.3) is 0 Å². The highest BCUT2D eigenvalue weighted by atomic mass is 14.2. The molecule has 1 heteroatoms. The van der Waals surface area contributed by atoms with E-state index < -0.39 is 0 Å². The Bertz CT molecular complexity index is 97.2. The van der Waals surface area contributed by atoms with Crippen LogP contribution < -0.4 is 0 Å². The third-order valence-corrected chi connectivity index (χ3v) is 0.534. The fourth-order valence-corrected chi connectivity index (χ4v) is 0.207. The van der Waals surface area contributed by atoms with Crippen LogP contribution in [-0.4, -0.2) is 0 Å². The van der Waals surface area contributed by atoms with Gasteiger partial charge in [-0.3, -0.25) is 0 Å². The fourth-order valence-electron chi connectivity index (χ4n) is 0.207. The Kier molecular flexibility index (Phi) is 3.04. The van der Waals surface area contributed by atoms with Crippen LogP contribution in [0, 0.1) is 31.1 Å². The van der Waals surface area contributed by atoms with Crippen molar-refractivity contribution in [3.8, 4) is 6.07 Å². The first-order chi connectivity index (χ1) is 3.31. The molecule has 0 aromatic carbocycles. The quantitative estimate of drug-likeness (QED) is 0.480. The predicted molar refractivity (Wildman–Crippen MR) is 29.0 cm³/mol. The van der Waals surface area contributed by atoms with E-state index in [-0.39, 0.29) is 5.92 Å². The summed E-state index contributed by atoms with van der Waals surface area (Å²) in [6.07, 6.45) is 3.21. The van der Waals surface area contributed by atoms with Gasteiger partial charge < -0.3 is 0 Å². The van der Waals surface area contributed by atoms with Crippen molar-refractivity contribution in [3.05, 3.63) is 26.0 Å². The van der Waals surface area contributed by atoms with Crippen LogP contribution in [0.3, 0.4) is 0 Å². The summed E-state index contributed by atoms with van der Waals surface area (Å²) in [5.74, 6) is -0.238. The third-order valence-electron chi connectivity index (χ3n) is 0.534. The van der Waals surface area contributed by atoms with Gasteiger partial charge in [0.1, 0.15) is 0 Å². The average Bonchev–Trinajstić information content (AvgIpc) is 1.68. The Hall–Kier alpha value is -0.770. The zero-order valence-corrected chi connectivity index (χ0v) is 4.09. The molecule has 1 atom stereocenters. The van der Waals surface area contributed by atoms with Gasteiger partial charge in [0.2, 0.25) is 0 Å². The Labute approximate surface area is 44.3 Å². The van der Waals surface area contributed by atoms with Gasteiger partial charge in [-0.2, -0.15) is 5.26 Å². The minimum atomic E-state index is -0.238. The first kappa shape index (κ1) is 6.23. The molecule has 0 aliphatic heterocycles. The Morgan fingerprint density at radius 1 is 1.71 bits per heavy atom. The highest BCUT2D eigenvalue weighted by Crippen LogP contribution is 1.90. The van der Waals surface area contributed by atoms with Gasteiger partial charge in [0.15, 0.2) is 0 Å². The van der Waals surface area contributed by atoms with Crippen LogP contribution in [0.1, 0.15) is 0 Å². The van der Waals surface area contributed by atoms with Crippen LogP contribution in [0.2, 0.25) is 0 Å². The maximum absolute atomic E-state index is 8.07. The van der Waals surface area contributed by atoms with Crippen LogP contribution >= 0.6 is 0 Å². The number of nitrogens with zero attached hydrogens (tertiary/aromatic N) is 1. The summed E-state index contributed by atoms with van der Waals surface area (Å²) in [5, 5.41) is 8.07. The van der Waals surface area contributed by atoms with E-state index in [1.807, 2.05) is 6.07 Å². The molecule has 0 bridgehead atoms. The van der Waals surface area contributed by atoms with Crippen LogP contribution in [0.5, 0.6) is 0 Å². The molecule has 36 valence electrons. The van der Waals surface area contributed by atoms with Gasteiger partial charge in [0, 0.05) is 0 Å². The van der Waals surface area contributed by atoms with Crippen molar-refractivity contribution in [2.45, 2.75) is 0 Å². The highest BCUT2D eigenvalue weighted by Gasteiger charge is 1.85. The van der Waals surface area contributed by atoms with Crippen molar-refractivity contribution >= 4 is 0 Å². The summed E-state index contributed by atoms with van der Waals surface area (Å²) in [6, 6.07) is 1.93. The fraction of sp³-hybridized carbons (Fsp3) is 0.167. The van der Waals surface area contributed by atoms with Crippen molar-refractivity contribution in [2.75, 3.05) is 0 Å². The molecule has 0 heterocycles. The van der Waals surface area contributed by atoms with E-state index in [9.17, 15) is 0 Å². The van der Waals surface area contributed by atoms with E-state index in [1.54, 1.807) is 12.2 Å². The molecule has 0 amide bonds. The summed E-state index contributed by atoms with van der Waals surface area (Å²) in [7, 11) is 0. The lowest BCUT2D eigenvalue weighted by atomic mass is 10.2. The topological polar surface area (TPSA) is 23.8 Å². The first-order valence-corrected chi connectivity index (χ1v) is 2.00. The second kappa shape index (κ2) is 3.42. The molecule has 0 saturated heterocycles. The molecular weight excluding hydrogens is 86.1 g/mol. The van der Waals surface area contributed by atoms with E-state index >= 15 is 0 Å². The largest absolute Gasteiger partial charge is 0.198 e. The van der Waals surface area contributed by atoms with Crippen LogP contribution in [0.4, 0.5) is 0 Å². The predicted octanol–water partition coefficient (Wildman–Crippen LogP) is 1.35. The van der Waals surface area contributed by atoms with Gasteiger partial charge >= 0.3 is 0 Å². The van der Waals surface area contributed by atoms with Crippen molar-refractivity contribution in [2.24, 2.45) is 5.92 Å². The first-order valence-electron chi connectivity index (χ1n) is 2.00. The summed E-state index contributed by atoms with van der Waals surface area (Å²) < 4.78 is 0. The smallest absolute Gasteiger partial charge is 0.0697 e. The van der Waals surface area contributed by atoms with Crippen LogP contribution in [0.15, 0.2) is 12.2 Å². The highest BCUT2D eigenvalue weighted by molar-refractivity contribution is 5.02. The molecule has 0 aliphatic rings. The summed E-state index contributed by atoms with van der Waals surface area (Å²) in [5.41, 5.74) is 0. The summed E-state index contributed by atoms with van der Waals surface area (Å²) in [6.45, 7) is 6.86. The lowest BCUT2D eigenvalue weighted by Crippen LogP contribution is -1.79. The van der Waals surface area contributed by atoms with E-state index in [1.165, 1.54) is 0 Å². The number of rotatable bonds is 1. The SMILES string of the molecule is [CH2]C=CC([CH2])C#N. The van der Waals surface area contributed by atoms with E-state index in [4.69, 9.17) is 5.26 Å². The summed E-state index contributed by atoms with van der Waals surface area (Å²) in [4.78, 5) is 0.